The first-order valence-electron chi connectivity index (χ1n) is 4.21. The van der Waals surface area contributed by atoms with Gasteiger partial charge < -0.3 is 0 Å². The van der Waals surface area contributed by atoms with E-state index in [9.17, 15) is 52.7 Å². The van der Waals surface area contributed by atoms with Crippen LogP contribution in [0.4, 0.5) is 52.7 Å². The summed E-state index contributed by atoms with van der Waals surface area (Å²) < 4.78 is 144. The Morgan fingerprint density at radius 1 is 0.545 bits per heavy atom. The van der Waals surface area contributed by atoms with Crippen molar-refractivity contribution in [2.75, 3.05) is 0 Å². The van der Waals surface area contributed by atoms with E-state index in [2.05, 4.69) is 23.2 Å². The molecule has 0 saturated carbocycles. The molecule has 0 fully saturated rings. The Morgan fingerprint density at radius 3 is 1.14 bits per heavy atom. The number of thioether (sulfide) groups is 2. The van der Waals surface area contributed by atoms with Gasteiger partial charge in [-0.1, -0.05) is 23.2 Å². The Kier molecular flexibility index (Phi) is 6.18. The molecule has 0 saturated heterocycles. The molecule has 2 atom stereocenters. The van der Waals surface area contributed by atoms with Crippen LogP contribution in [0.25, 0.3) is 0 Å². The number of hydrogen-bond acceptors (Lipinski definition) is 2. The lowest BCUT2D eigenvalue weighted by molar-refractivity contribution is -0.194. The van der Waals surface area contributed by atoms with Gasteiger partial charge >= 0.3 is 31.8 Å². The van der Waals surface area contributed by atoms with Crippen molar-refractivity contribution in [2.45, 2.75) is 31.8 Å². The van der Waals surface area contributed by atoms with Crippen LogP contribution in [0, 0.1) is 0 Å². The first-order valence-corrected chi connectivity index (χ1v) is 6.60. The van der Waals surface area contributed by atoms with Crippen LogP contribution >= 0.6 is 46.7 Å². The van der Waals surface area contributed by atoms with E-state index in [0.717, 1.165) is 0 Å². The third kappa shape index (κ3) is 4.97. The second-order valence-corrected chi connectivity index (χ2v) is 6.95. The van der Waals surface area contributed by atoms with Crippen molar-refractivity contribution in [3.05, 3.63) is 0 Å². The van der Waals surface area contributed by atoms with Crippen molar-refractivity contribution in [1.29, 1.82) is 0 Å². The van der Waals surface area contributed by atoms with Crippen LogP contribution in [0.15, 0.2) is 0 Å². The molecule has 0 heterocycles. The second-order valence-electron chi connectivity index (χ2n) is 3.28. The maximum absolute atomic E-state index is 13.3. The van der Waals surface area contributed by atoms with E-state index in [1.807, 2.05) is 0 Å². The number of hydrogen-bond donors (Lipinski definition) is 0. The number of alkyl halides is 14. The minimum atomic E-state index is -6.58. The van der Waals surface area contributed by atoms with Gasteiger partial charge in [-0.3, -0.25) is 0 Å². The SMILES string of the molecule is FC(F)(F)SC(F)(F)C(F)(Cl)C(F)(F)C(F)(Cl)SC(F)(F)F. The van der Waals surface area contributed by atoms with Crippen LogP contribution in [0.5, 0.6) is 0 Å². The summed E-state index contributed by atoms with van der Waals surface area (Å²) in [6, 6.07) is 0. The van der Waals surface area contributed by atoms with Gasteiger partial charge in [0.25, 0.3) is 0 Å². The Morgan fingerprint density at radius 2 is 0.864 bits per heavy atom. The first-order chi connectivity index (χ1) is 9.16. The van der Waals surface area contributed by atoms with Crippen molar-refractivity contribution in [1.82, 2.24) is 0 Å². The largest absolute Gasteiger partial charge is 0.447 e. The lowest BCUT2D eigenvalue weighted by atomic mass is 10.2. The molecule has 0 N–H and O–H groups in total. The van der Waals surface area contributed by atoms with E-state index >= 15 is 0 Å². The standard InChI is InChI=1S/C6Cl2F12S2/c7-1(9,4(13,14)22-6(18,19)20)2(10,11)3(8,12)21-5(15,16)17. The molecule has 0 aromatic heterocycles. The van der Waals surface area contributed by atoms with Gasteiger partial charge in [0.15, 0.2) is 0 Å². The summed E-state index contributed by atoms with van der Waals surface area (Å²) in [5, 5.41) is -12.5. The average molecular weight is 435 g/mol. The van der Waals surface area contributed by atoms with Gasteiger partial charge in [-0.15, -0.1) is 0 Å². The van der Waals surface area contributed by atoms with Crippen LogP contribution < -0.4 is 0 Å². The normalized spacial score (nSPS) is 20.5. The first kappa shape index (κ1) is 22.4. The predicted octanol–water partition coefficient (Wildman–Crippen LogP) is 6.49. The molecule has 0 spiro atoms. The van der Waals surface area contributed by atoms with Crippen LogP contribution in [0.1, 0.15) is 0 Å². The van der Waals surface area contributed by atoms with E-state index in [4.69, 9.17) is 0 Å². The topological polar surface area (TPSA) is 0 Å². The fourth-order valence-electron chi connectivity index (χ4n) is 0.784. The quantitative estimate of drug-likeness (QED) is 0.358. The molecule has 0 aliphatic carbocycles. The molecule has 16 heteroatoms. The van der Waals surface area contributed by atoms with E-state index in [1.54, 1.807) is 0 Å². The monoisotopic (exact) mass is 434 g/mol. The van der Waals surface area contributed by atoms with Gasteiger partial charge in [0, 0.05) is 23.5 Å². The summed E-state index contributed by atoms with van der Waals surface area (Å²) in [5.41, 5.74) is -11.9. The zero-order valence-electron chi connectivity index (χ0n) is 9.11. The molecule has 0 rings (SSSR count). The van der Waals surface area contributed by atoms with Crippen molar-refractivity contribution >= 4 is 46.7 Å². The summed E-state index contributed by atoms with van der Waals surface area (Å²) in [4.78, 5) is 0. The average Bonchev–Trinajstić information content (AvgIpc) is 2.08. The fourth-order valence-corrected chi connectivity index (χ4v) is 2.63. The van der Waals surface area contributed by atoms with Crippen LogP contribution in [0.2, 0.25) is 0 Å². The summed E-state index contributed by atoms with van der Waals surface area (Å²) in [7, 11) is 0. The van der Waals surface area contributed by atoms with Crippen LogP contribution in [-0.2, 0) is 0 Å². The highest BCUT2D eigenvalue weighted by atomic mass is 35.5. The van der Waals surface area contributed by atoms with Gasteiger partial charge in [0.05, 0.1) is 0 Å². The van der Waals surface area contributed by atoms with Gasteiger partial charge in [-0.25, -0.2) is 8.78 Å². The second kappa shape index (κ2) is 6.06. The molecule has 0 aromatic rings. The van der Waals surface area contributed by atoms with E-state index in [-0.39, 0.29) is 0 Å². The number of halogens is 14. The van der Waals surface area contributed by atoms with Crippen LogP contribution in [-0.4, -0.2) is 31.8 Å². The molecular weight excluding hydrogens is 435 g/mol. The maximum atomic E-state index is 13.3. The van der Waals surface area contributed by atoms with E-state index in [1.165, 1.54) is 0 Å². The minimum absolute atomic E-state index is 2.47. The molecule has 0 bridgehead atoms. The third-order valence-corrected chi connectivity index (χ3v) is 4.18. The smallest absolute Gasteiger partial charge is 0.211 e. The highest BCUT2D eigenvalue weighted by Gasteiger charge is 2.80. The number of rotatable bonds is 5. The fraction of sp³-hybridized carbons (Fsp3) is 1.00. The van der Waals surface area contributed by atoms with Crippen molar-refractivity contribution in [3.8, 4) is 0 Å². The lowest BCUT2D eigenvalue weighted by Gasteiger charge is -2.38. The Hall–Kier alpha value is 0.440. The predicted molar refractivity (Wildman–Crippen MR) is 56.6 cm³/mol. The molecule has 0 aromatic carbocycles. The summed E-state index contributed by atoms with van der Waals surface area (Å²) >= 11 is 2.82. The minimum Gasteiger partial charge on any atom is -0.211 e. The molecule has 0 nitrogen and oxygen atoms in total. The Balaban J connectivity index is 5.74. The molecule has 0 radical (unpaired) electrons. The van der Waals surface area contributed by atoms with Crippen LogP contribution in [0.3, 0.4) is 0 Å². The van der Waals surface area contributed by atoms with E-state index in [0.29, 0.717) is 0 Å². The van der Waals surface area contributed by atoms with Gasteiger partial charge in [-0.05, 0) is 0 Å². The zero-order valence-corrected chi connectivity index (χ0v) is 12.3. The van der Waals surface area contributed by atoms with Gasteiger partial charge in [-0.2, -0.15) is 43.9 Å². The Bertz CT molecular complexity index is 361. The summed E-state index contributed by atoms with van der Waals surface area (Å²) in [6.07, 6.45) is 0. The summed E-state index contributed by atoms with van der Waals surface area (Å²) in [6.45, 7) is 0. The molecule has 22 heavy (non-hydrogen) atoms. The lowest BCUT2D eigenvalue weighted by Crippen LogP contribution is -2.60. The summed E-state index contributed by atoms with van der Waals surface area (Å²) in [5.74, 6) is -6.58. The van der Waals surface area contributed by atoms with Crippen molar-refractivity contribution < 1.29 is 52.7 Å². The maximum Gasteiger partial charge on any atom is 0.447 e. The molecule has 0 amide bonds. The Labute approximate surface area is 131 Å². The third-order valence-electron chi connectivity index (χ3n) is 1.61. The van der Waals surface area contributed by atoms with E-state index < -0.39 is 55.3 Å². The molecule has 0 aliphatic rings. The van der Waals surface area contributed by atoms with Gasteiger partial charge in [0.1, 0.15) is 0 Å². The highest BCUT2D eigenvalue weighted by molar-refractivity contribution is 8.02. The highest BCUT2D eigenvalue weighted by Crippen LogP contribution is 2.64. The van der Waals surface area contributed by atoms with Crippen molar-refractivity contribution in [2.24, 2.45) is 0 Å². The van der Waals surface area contributed by atoms with Crippen molar-refractivity contribution in [3.63, 3.8) is 0 Å². The molecular formula is C6Cl2F12S2. The molecule has 2 unspecified atom stereocenters. The van der Waals surface area contributed by atoms with Gasteiger partial charge in [0.2, 0.25) is 0 Å². The zero-order chi connectivity index (χ0) is 18.4. The molecule has 134 valence electrons. The molecule has 0 aliphatic heterocycles.